The van der Waals surface area contributed by atoms with E-state index in [2.05, 4.69) is 10.3 Å². The quantitative estimate of drug-likeness (QED) is 0.863. The predicted octanol–water partition coefficient (Wildman–Crippen LogP) is 3.18. The Morgan fingerprint density at radius 1 is 1.21 bits per heavy atom. The Kier molecular flexibility index (Phi) is 5.46. The van der Waals surface area contributed by atoms with Crippen molar-refractivity contribution in [2.24, 2.45) is 17.8 Å². The van der Waals surface area contributed by atoms with E-state index in [1.54, 1.807) is 12.5 Å². The third kappa shape index (κ3) is 4.11. The van der Waals surface area contributed by atoms with E-state index in [1.165, 1.54) is 6.42 Å². The summed E-state index contributed by atoms with van der Waals surface area (Å²) in [4.78, 5) is 31.6. The van der Waals surface area contributed by atoms with Gasteiger partial charge < -0.3 is 14.6 Å². The number of hydrogen-bond donors (Lipinski definition) is 1. The average Bonchev–Trinajstić information content (AvgIpc) is 3.20. The molecule has 2 aliphatic rings. The fourth-order valence-corrected chi connectivity index (χ4v) is 4.71. The van der Waals surface area contributed by atoms with Gasteiger partial charge in [0.1, 0.15) is 5.76 Å². The number of rotatable bonds is 5. The molecule has 3 heterocycles. The highest BCUT2D eigenvalue weighted by molar-refractivity contribution is 5.94. The van der Waals surface area contributed by atoms with Crippen molar-refractivity contribution >= 4 is 11.8 Å². The highest BCUT2D eigenvalue weighted by Crippen LogP contribution is 2.41. The van der Waals surface area contributed by atoms with Gasteiger partial charge in [-0.05, 0) is 61.8 Å². The molecule has 2 unspecified atom stereocenters. The summed E-state index contributed by atoms with van der Waals surface area (Å²) in [5.41, 5.74) is 1.56. The Bertz CT molecular complexity index is 802. The Balaban J connectivity index is 1.37. The Morgan fingerprint density at radius 2 is 2.00 bits per heavy atom. The lowest BCUT2D eigenvalue weighted by Crippen LogP contribution is -2.51. The van der Waals surface area contributed by atoms with E-state index in [0.29, 0.717) is 36.3 Å². The molecule has 1 saturated carbocycles. The van der Waals surface area contributed by atoms with E-state index >= 15 is 0 Å². The van der Waals surface area contributed by atoms with Gasteiger partial charge in [0.25, 0.3) is 5.91 Å². The van der Waals surface area contributed by atoms with Crippen molar-refractivity contribution in [1.82, 2.24) is 15.2 Å². The van der Waals surface area contributed by atoms with Crippen LogP contribution in [0.4, 0.5) is 0 Å². The molecule has 148 valence electrons. The van der Waals surface area contributed by atoms with Crippen molar-refractivity contribution in [3.8, 4) is 0 Å². The van der Waals surface area contributed by atoms with Crippen molar-refractivity contribution in [2.45, 2.75) is 39.2 Å². The second-order valence-electron chi connectivity index (χ2n) is 8.07. The molecule has 0 spiro atoms. The van der Waals surface area contributed by atoms with Crippen molar-refractivity contribution in [1.29, 1.82) is 0 Å². The van der Waals surface area contributed by atoms with Gasteiger partial charge in [-0.15, -0.1) is 0 Å². The normalized spacial score (nSPS) is 24.0. The average molecular weight is 381 g/mol. The lowest BCUT2D eigenvalue weighted by Gasteiger charge is -2.47. The van der Waals surface area contributed by atoms with Gasteiger partial charge in [-0.1, -0.05) is 6.42 Å². The fraction of sp³-hybridized carbons (Fsp3) is 0.500. The summed E-state index contributed by atoms with van der Waals surface area (Å²) in [5, 5.41) is 2.97. The molecule has 6 heteroatoms. The van der Waals surface area contributed by atoms with Crippen LogP contribution in [0.1, 0.15) is 47.5 Å². The zero-order valence-electron chi connectivity index (χ0n) is 16.3. The Hall–Kier alpha value is -2.63. The van der Waals surface area contributed by atoms with Gasteiger partial charge in [0.05, 0.1) is 18.4 Å². The van der Waals surface area contributed by atoms with Crippen molar-refractivity contribution < 1.29 is 14.0 Å². The maximum atomic E-state index is 12.9. The first kappa shape index (κ1) is 18.7. The van der Waals surface area contributed by atoms with Crippen LogP contribution in [0.2, 0.25) is 0 Å². The van der Waals surface area contributed by atoms with Crippen LogP contribution in [-0.2, 0) is 11.3 Å². The second-order valence-corrected chi connectivity index (χ2v) is 8.07. The predicted molar refractivity (Wildman–Crippen MR) is 104 cm³/mol. The molecule has 0 radical (unpaired) electrons. The summed E-state index contributed by atoms with van der Waals surface area (Å²) in [6.07, 6.45) is 7.17. The summed E-state index contributed by atoms with van der Waals surface area (Å²) in [7, 11) is 0. The van der Waals surface area contributed by atoms with Gasteiger partial charge in [-0.2, -0.15) is 0 Å². The number of piperidine rings is 1. The first-order valence-electron chi connectivity index (χ1n) is 10.1. The van der Waals surface area contributed by atoms with E-state index in [-0.39, 0.29) is 11.8 Å². The molecule has 2 aromatic heterocycles. The maximum absolute atomic E-state index is 12.9. The van der Waals surface area contributed by atoms with Gasteiger partial charge >= 0.3 is 0 Å². The summed E-state index contributed by atoms with van der Waals surface area (Å²) in [5.74, 6) is 2.03. The van der Waals surface area contributed by atoms with Crippen LogP contribution in [0.3, 0.4) is 0 Å². The smallest absolute Gasteiger partial charge is 0.255 e. The number of nitrogens with one attached hydrogen (secondary N) is 1. The Morgan fingerprint density at radius 3 is 2.64 bits per heavy atom. The van der Waals surface area contributed by atoms with E-state index in [0.717, 1.165) is 37.4 Å². The van der Waals surface area contributed by atoms with Crippen LogP contribution in [0, 0.1) is 24.7 Å². The molecule has 2 fully saturated rings. The van der Waals surface area contributed by atoms with Gasteiger partial charge in [-0.25, -0.2) is 0 Å². The standard InChI is InChI=1S/C22H27N3O3/c1-15-7-8-16(11-23-15)22(27)25-13-17-4-2-5-18(14-25)20(17)10-21(26)24-12-19-6-3-9-28-19/h3,6-9,11,17-18,20H,2,4-5,10,12-14H2,1H3,(H,24,26). The zero-order valence-corrected chi connectivity index (χ0v) is 16.3. The zero-order chi connectivity index (χ0) is 19.5. The number of pyridine rings is 1. The Labute approximate surface area is 165 Å². The molecule has 1 saturated heterocycles. The fourth-order valence-electron chi connectivity index (χ4n) is 4.71. The highest BCUT2D eigenvalue weighted by Gasteiger charge is 2.41. The summed E-state index contributed by atoms with van der Waals surface area (Å²) < 4.78 is 5.27. The lowest BCUT2D eigenvalue weighted by molar-refractivity contribution is -0.124. The number of furan rings is 1. The maximum Gasteiger partial charge on any atom is 0.255 e. The number of nitrogens with zero attached hydrogens (tertiary/aromatic N) is 2. The van der Waals surface area contributed by atoms with Crippen LogP contribution in [0.25, 0.3) is 0 Å². The van der Waals surface area contributed by atoms with Gasteiger partial charge in [0.2, 0.25) is 5.91 Å². The van der Waals surface area contributed by atoms with Crippen LogP contribution < -0.4 is 5.32 Å². The number of amides is 2. The molecule has 4 rings (SSSR count). The summed E-state index contributed by atoms with van der Waals surface area (Å²) in [6, 6.07) is 7.42. The lowest BCUT2D eigenvalue weighted by atomic mass is 9.67. The molecule has 1 N–H and O–H groups in total. The van der Waals surface area contributed by atoms with Gasteiger partial charge in [0, 0.05) is 31.4 Å². The summed E-state index contributed by atoms with van der Waals surface area (Å²) in [6.45, 7) is 3.82. The number of aromatic nitrogens is 1. The number of carbonyl (C=O) groups excluding carboxylic acids is 2. The van der Waals surface area contributed by atoms with E-state index in [4.69, 9.17) is 4.42 Å². The molecule has 1 aliphatic heterocycles. The van der Waals surface area contributed by atoms with Crippen molar-refractivity contribution in [2.75, 3.05) is 13.1 Å². The minimum absolute atomic E-state index is 0.0603. The first-order chi connectivity index (χ1) is 13.6. The molecule has 0 aromatic carbocycles. The minimum atomic E-state index is 0.0603. The minimum Gasteiger partial charge on any atom is -0.467 e. The monoisotopic (exact) mass is 381 g/mol. The van der Waals surface area contributed by atoms with Crippen LogP contribution >= 0.6 is 0 Å². The number of hydrogen-bond acceptors (Lipinski definition) is 4. The topological polar surface area (TPSA) is 75.4 Å². The third-order valence-corrected chi connectivity index (χ3v) is 6.18. The van der Waals surface area contributed by atoms with Crippen LogP contribution in [-0.4, -0.2) is 34.8 Å². The molecule has 2 aromatic rings. The highest BCUT2D eigenvalue weighted by atomic mass is 16.3. The van der Waals surface area contributed by atoms with E-state index in [9.17, 15) is 9.59 Å². The van der Waals surface area contributed by atoms with Crippen LogP contribution in [0.5, 0.6) is 0 Å². The molecule has 1 aliphatic carbocycles. The van der Waals surface area contributed by atoms with Crippen molar-refractivity contribution in [3.05, 3.63) is 53.7 Å². The van der Waals surface area contributed by atoms with Gasteiger partial charge in [-0.3, -0.25) is 14.6 Å². The third-order valence-electron chi connectivity index (χ3n) is 6.18. The van der Waals surface area contributed by atoms with Crippen LogP contribution in [0.15, 0.2) is 41.1 Å². The molecule has 6 nitrogen and oxygen atoms in total. The molecular formula is C22H27N3O3. The molecule has 2 atom stereocenters. The molecule has 2 bridgehead atoms. The number of carbonyl (C=O) groups is 2. The largest absolute Gasteiger partial charge is 0.467 e. The summed E-state index contributed by atoms with van der Waals surface area (Å²) >= 11 is 0. The van der Waals surface area contributed by atoms with E-state index in [1.807, 2.05) is 36.1 Å². The number of likely N-dealkylation sites (tertiary alicyclic amines) is 1. The van der Waals surface area contributed by atoms with Gasteiger partial charge in [0.15, 0.2) is 0 Å². The molecular weight excluding hydrogens is 354 g/mol. The second kappa shape index (κ2) is 8.17. The molecule has 28 heavy (non-hydrogen) atoms. The first-order valence-corrected chi connectivity index (χ1v) is 10.1. The number of aryl methyl sites for hydroxylation is 1. The van der Waals surface area contributed by atoms with Crippen molar-refractivity contribution in [3.63, 3.8) is 0 Å². The number of fused-ring (bicyclic) bond motifs is 2. The van der Waals surface area contributed by atoms with E-state index < -0.39 is 0 Å². The molecule has 2 amide bonds. The SMILES string of the molecule is Cc1ccc(C(=O)N2CC3CCCC(C2)C3CC(=O)NCc2ccco2)cn1.